The first-order valence-corrected chi connectivity index (χ1v) is 10.6. The Morgan fingerprint density at radius 1 is 1.20 bits per heavy atom. The van der Waals surface area contributed by atoms with Gasteiger partial charge in [-0.15, -0.1) is 34.2 Å². The van der Waals surface area contributed by atoms with Crippen LogP contribution < -0.4 is 15.4 Å². The molecule has 1 atom stereocenters. The zero-order chi connectivity index (χ0) is 20.8. The van der Waals surface area contributed by atoms with E-state index in [1.54, 1.807) is 7.05 Å². The Bertz CT molecular complexity index is 848. The molecule has 30 heavy (non-hydrogen) atoms. The van der Waals surface area contributed by atoms with Gasteiger partial charge in [0.05, 0.1) is 12.6 Å². The molecule has 0 bridgehead atoms. The van der Waals surface area contributed by atoms with Crippen LogP contribution in [-0.2, 0) is 26.1 Å². The van der Waals surface area contributed by atoms with Crippen LogP contribution in [-0.4, -0.2) is 33.9 Å². The molecule has 1 aliphatic heterocycles. The van der Waals surface area contributed by atoms with Gasteiger partial charge in [0.15, 0.2) is 11.8 Å². The summed E-state index contributed by atoms with van der Waals surface area (Å²) in [6.45, 7) is 10.9. The lowest BCUT2D eigenvalue weighted by Crippen LogP contribution is -2.37. The van der Waals surface area contributed by atoms with Gasteiger partial charge in [-0.25, -0.2) is 0 Å². The molecule has 3 rings (SSSR count). The molecular weight excluding hydrogens is 491 g/mol. The van der Waals surface area contributed by atoms with Crippen molar-refractivity contribution >= 4 is 29.9 Å². The largest absolute Gasteiger partial charge is 0.490 e. The third kappa shape index (κ3) is 6.58. The molecule has 0 fully saturated rings. The quantitative estimate of drug-likeness (QED) is 0.311. The van der Waals surface area contributed by atoms with Crippen LogP contribution in [0.4, 0.5) is 0 Å². The van der Waals surface area contributed by atoms with E-state index in [0.29, 0.717) is 19.0 Å². The lowest BCUT2D eigenvalue weighted by atomic mass is 10.1. The summed E-state index contributed by atoms with van der Waals surface area (Å²) >= 11 is 0. The summed E-state index contributed by atoms with van der Waals surface area (Å²) in [6.07, 6.45) is 3.39. The van der Waals surface area contributed by atoms with Crippen LogP contribution in [0.1, 0.15) is 56.4 Å². The maximum Gasteiger partial charge on any atom is 0.191 e. The van der Waals surface area contributed by atoms with Crippen LogP contribution in [0.2, 0.25) is 0 Å². The molecule has 1 unspecified atom stereocenters. The van der Waals surface area contributed by atoms with E-state index in [9.17, 15) is 0 Å². The molecule has 0 saturated carbocycles. The van der Waals surface area contributed by atoms with Crippen molar-refractivity contribution < 1.29 is 4.74 Å². The average molecular weight is 526 g/mol. The number of nitrogens with zero attached hydrogens (tertiary/aromatic N) is 4. The Morgan fingerprint density at radius 3 is 2.70 bits per heavy atom. The van der Waals surface area contributed by atoms with Crippen LogP contribution in [0.3, 0.4) is 0 Å². The van der Waals surface area contributed by atoms with Gasteiger partial charge in [0.25, 0.3) is 0 Å². The van der Waals surface area contributed by atoms with E-state index >= 15 is 0 Å². The number of aryl methyl sites for hydroxylation is 2. The van der Waals surface area contributed by atoms with Crippen molar-refractivity contribution in [2.24, 2.45) is 10.9 Å². The van der Waals surface area contributed by atoms with Crippen molar-refractivity contribution in [1.29, 1.82) is 0 Å². The number of guanidine groups is 1. The number of aromatic nitrogens is 3. The summed E-state index contributed by atoms with van der Waals surface area (Å²) in [5, 5.41) is 15.3. The zero-order valence-corrected chi connectivity index (χ0v) is 21.1. The molecule has 166 valence electrons. The maximum atomic E-state index is 6.25. The van der Waals surface area contributed by atoms with E-state index in [4.69, 9.17) is 4.74 Å². The summed E-state index contributed by atoms with van der Waals surface area (Å²) in [5.41, 5.74) is 2.32. The molecule has 0 spiro atoms. The maximum absolute atomic E-state index is 6.25. The Kier molecular flexibility index (Phi) is 9.38. The zero-order valence-electron chi connectivity index (χ0n) is 18.7. The SMILES string of the molecule is CN=C(NCc1ccc(C)cc1OC(C)CC(C)C)NCc1nnc2n1CCC2.I. The molecule has 2 aromatic rings. The minimum absolute atomic E-state index is 0. The number of rotatable bonds is 8. The Balaban J connectivity index is 0.00000320. The van der Waals surface area contributed by atoms with Crippen molar-refractivity contribution in [1.82, 2.24) is 25.4 Å². The number of ether oxygens (including phenoxy) is 1. The third-order valence-corrected chi connectivity index (χ3v) is 5.12. The molecule has 1 aliphatic rings. The van der Waals surface area contributed by atoms with Gasteiger partial charge >= 0.3 is 0 Å². The normalized spacial score (nSPS) is 14.3. The molecule has 2 N–H and O–H groups in total. The lowest BCUT2D eigenvalue weighted by molar-refractivity contribution is 0.191. The number of hydrogen-bond acceptors (Lipinski definition) is 4. The lowest BCUT2D eigenvalue weighted by Gasteiger charge is -2.20. The van der Waals surface area contributed by atoms with Crippen molar-refractivity contribution in [2.75, 3.05) is 7.05 Å². The molecule has 7 nitrogen and oxygen atoms in total. The van der Waals surface area contributed by atoms with Crippen molar-refractivity contribution in [3.05, 3.63) is 41.0 Å². The van der Waals surface area contributed by atoms with E-state index in [1.807, 2.05) is 0 Å². The highest BCUT2D eigenvalue weighted by molar-refractivity contribution is 14.0. The van der Waals surface area contributed by atoms with Crippen molar-refractivity contribution in [2.45, 2.75) is 72.7 Å². The predicted molar refractivity (Wildman–Crippen MR) is 132 cm³/mol. The van der Waals surface area contributed by atoms with Gasteiger partial charge in [-0.1, -0.05) is 26.0 Å². The highest BCUT2D eigenvalue weighted by Crippen LogP contribution is 2.23. The van der Waals surface area contributed by atoms with E-state index in [1.165, 1.54) is 5.56 Å². The second-order valence-electron chi connectivity index (χ2n) is 8.24. The van der Waals surface area contributed by atoms with Crippen LogP contribution in [0, 0.1) is 12.8 Å². The van der Waals surface area contributed by atoms with Gasteiger partial charge in [0.1, 0.15) is 11.6 Å². The molecule has 2 heterocycles. The first-order chi connectivity index (χ1) is 14.0. The number of halogens is 1. The standard InChI is InChI=1S/C22H34N6O.HI/c1-15(2)11-17(4)29-19-12-16(3)8-9-18(19)13-24-22(23-5)25-14-21-27-26-20-7-6-10-28(20)21;/h8-9,12,15,17H,6-7,10-11,13-14H2,1-5H3,(H2,23,24,25);1H. The van der Waals surface area contributed by atoms with Crippen molar-refractivity contribution in [3.63, 3.8) is 0 Å². The molecule has 1 aromatic heterocycles. The fourth-order valence-electron chi connectivity index (χ4n) is 3.75. The van der Waals surface area contributed by atoms with Crippen LogP contribution in [0.25, 0.3) is 0 Å². The fourth-order valence-corrected chi connectivity index (χ4v) is 3.75. The first kappa shape index (κ1) is 24.4. The van der Waals surface area contributed by atoms with E-state index < -0.39 is 0 Å². The van der Waals surface area contributed by atoms with Crippen LogP contribution >= 0.6 is 24.0 Å². The minimum atomic E-state index is 0. The molecule has 0 radical (unpaired) electrons. The van der Waals surface area contributed by atoms with Gasteiger partial charge in [-0.3, -0.25) is 4.99 Å². The predicted octanol–water partition coefficient (Wildman–Crippen LogP) is 3.83. The Hall–Kier alpha value is -1.84. The number of nitrogens with one attached hydrogen (secondary N) is 2. The van der Waals surface area contributed by atoms with Gasteiger partial charge in [0.2, 0.25) is 0 Å². The average Bonchev–Trinajstić information content (AvgIpc) is 3.27. The second kappa shape index (κ2) is 11.5. The van der Waals surface area contributed by atoms with Gasteiger partial charge in [0, 0.05) is 32.1 Å². The number of aliphatic imine (C=N–C) groups is 1. The Labute approximate surface area is 197 Å². The summed E-state index contributed by atoms with van der Waals surface area (Å²) in [5.74, 6) is 4.33. The highest BCUT2D eigenvalue weighted by Gasteiger charge is 2.17. The number of benzene rings is 1. The molecule has 1 aromatic carbocycles. The van der Waals surface area contributed by atoms with Gasteiger partial charge in [-0.2, -0.15) is 0 Å². The third-order valence-electron chi connectivity index (χ3n) is 5.12. The number of fused-ring (bicyclic) bond motifs is 1. The van der Waals surface area contributed by atoms with E-state index in [2.05, 4.69) is 76.3 Å². The second-order valence-corrected chi connectivity index (χ2v) is 8.24. The van der Waals surface area contributed by atoms with Gasteiger partial charge < -0.3 is 19.9 Å². The van der Waals surface area contributed by atoms with Crippen molar-refractivity contribution in [3.8, 4) is 5.75 Å². The monoisotopic (exact) mass is 526 g/mol. The highest BCUT2D eigenvalue weighted by atomic mass is 127. The van der Waals surface area contributed by atoms with E-state index in [-0.39, 0.29) is 30.1 Å². The first-order valence-electron chi connectivity index (χ1n) is 10.6. The molecule has 8 heteroatoms. The summed E-state index contributed by atoms with van der Waals surface area (Å²) in [4.78, 5) is 4.34. The summed E-state index contributed by atoms with van der Waals surface area (Å²) in [6, 6.07) is 6.36. The minimum Gasteiger partial charge on any atom is -0.490 e. The number of hydrogen-bond donors (Lipinski definition) is 2. The molecule has 0 amide bonds. The summed E-state index contributed by atoms with van der Waals surface area (Å²) in [7, 11) is 1.78. The van der Waals surface area contributed by atoms with E-state index in [0.717, 1.165) is 54.7 Å². The molecular formula is C22H35IN6O. The van der Waals surface area contributed by atoms with Crippen LogP contribution in [0.15, 0.2) is 23.2 Å². The smallest absolute Gasteiger partial charge is 0.191 e. The summed E-state index contributed by atoms with van der Waals surface area (Å²) < 4.78 is 8.45. The molecule has 0 aliphatic carbocycles. The fraction of sp³-hybridized carbons (Fsp3) is 0.591. The molecule has 0 saturated heterocycles. The van der Waals surface area contributed by atoms with Crippen LogP contribution in [0.5, 0.6) is 5.75 Å². The van der Waals surface area contributed by atoms with Gasteiger partial charge in [-0.05, 0) is 44.2 Å². The topological polar surface area (TPSA) is 76.4 Å². The Morgan fingerprint density at radius 2 is 1.97 bits per heavy atom.